The molecule has 2 aromatic carbocycles. The standard InChI is InChI=1S/C24H18BrN5O4S/c25-17-9-10-22(28-13-17)30-24(32)19-11-12-27-14-20(19)29-23(31)16-7-5-15(6-8-16)18-3-1-2-4-21(18)35(26,33)34/h1-14H,(H,29,31)(H2,26,33,34)(H,28,30,32). The molecule has 0 aliphatic carbocycles. The minimum absolute atomic E-state index is 0.0107. The Kier molecular flexibility index (Phi) is 7.01. The molecule has 0 bridgehead atoms. The fourth-order valence-electron chi connectivity index (χ4n) is 3.27. The summed E-state index contributed by atoms with van der Waals surface area (Å²) in [6, 6.07) is 17.5. The van der Waals surface area contributed by atoms with Gasteiger partial charge in [0.05, 0.1) is 22.3 Å². The lowest BCUT2D eigenvalue weighted by Gasteiger charge is -2.12. The molecule has 4 N–H and O–H groups in total. The number of pyridine rings is 2. The summed E-state index contributed by atoms with van der Waals surface area (Å²) in [6.45, 7) is 0. The number of sulfonamides is 1. The summed E-state index contributed by atoms with van der Waals surface area (Å²) >= 11 is 3.28. The highest BCUT2D eigenvalue weighted by Crippen LogP contribution is 2.27. The maximum absolute atomic E-state index is 12.9. The largest absolute Gasteiger partial charge is 0.320 e. The Morgan fingerprint density at radius 2 is 1.60 bits per heavy atom. The number of nitrogens with one attached hydrogen (secondary N) is 2. The minimum atomic E-state index is -3.92. The van der Waals surface area contributed by atoms with Crippen molar-refractivity contribution >= 4 is 49.3 Å². The first-order valence-electron chi connectivity index (χ1n) is 10.1. The summed E-state index contributed by atoms with van der Waals surface area (Å²) in [4.78, 5) is 33.7. The van der Waals surface area contributed by atoms with E-state index in [1.54, 1.807) is 60.8 Å². The first kappa shape index (κ1) is 24.2. The van der Waals surface area contributed by atoms with E-state index in [2.05, 4.69) is 36.5 Å². The molecule has 9 nitrogen and oxygen atoms in total. The fourth-order valence-corrected chi connectivity index (χ4v) is 4.27. The van der Waals surface area contributed by atoms with Gasteiger partial charge in [0.2, 0.25) is 10.0 Å². The van der Waals surface area contributed by atoms with Gasteiger partial charge in [-0.05, 0) is 57.9 Å². The minimum Gasteiger partial charge on any atom is -0.320 e. The van der Waals surface area contributed by atoms with Gasteiger partial charge >= 0.3 is 0 Å². The lowest BCUT2D eigenvalue weighted by atomic mass is 10.0. The van der Waals surface area contributed by atoms with Crippen LogP contribution in [0.4, 0.5) is 11.5 Å². The molecule has 0 spiro atoms. The van der Waals surface area contributed by atoms with Gasteiger partial charge in [0.25, 0.3) is 11.8 Å². The summed E-state index contributed by atoms with van der Waals surface area (Å²) < 4.78 is 24.6. The van der Waals surface area contributed by atoms with E-state index in [1.807, 2.05) is 0 Å². The molecule has 4 aromatic rings. The molecule has 176 valence electrons. The van der Waals surface area contributed by atoms with Crippen molar-refractivity contribution in [2.75, 3.05) is 10.6 Å². The number of rotatable bonds is 6. The molecule has 11 heteroatoms. The van der Waals surface area contributed by atoms with E-state index >= 15 is 0 Å². The van der Waals surface area contributed by atoms with Gasteiger partial charge in [0, 0.05) is 28.0 Å². The van der Waals surface area contributed by atoms with Gasteiger partial charge in [-0.1, -0.05) is 30.3 Å². The van der Waals surface area contributed by atoms with Gasteiger partial charge in [-0.15, -0.1) is 0 Å². The average Bonchev–Trinajstić information content (AvgIpc) is 2.85. The van der Waals surface area contributed by atoms with Crippen molar-refractivity contribution in [2.45, 2.75) is 4.90 Å². The molecule has 35 heavy (non-hydrogen) atoms. The van der Waals surface area contributed by atoms with E-state index in [1.165, 1.54) is 24.5 Å². The van der Waals surface area contributed by atoms with Gasteiger partial charge in [0.1, 0.15) is 5.82 Å². The number of nitrogens with zero attached hydrogens (tertiary/aromatic N) is 2. The van der Waals surface area contributed by atoms with Crippen LogP contribution in [0.25, 0.3) is 11.1 Å². The Labute approximate surface area is 209 Å². The van der Waals surface area contributed by atoms with E-state index in [0.717, 1.165) is 4.47 Å². The lowest BCUT2D eigenvalue weighted by molar-refractivity contribution is 0.102. The number of aromatic nitrogens is 2. The zero-order valence-corrected chi connectivity index (χ0v) is 20.4. The predicted octanol–water partition coefficient (Wildman–Crippen LogP) is 4.06. The van der Waals surface area contributed by atoms with Crippen LogP contribution in [0.5, 0.6) is 0 Å². The third-order valence-electron chi connectivity index (χ3n) is 4.93. The molecule has 0 unspecified atom stereocenters. The van der Waals surface area contributed by atoms with Crippen LogP contribution in [0.2, 0.25) is 0 Å². The SMILES string of the molecule is NS(=O)(=O)c1ccccc1-c1ccc(C(=O)Nc2cnccc2C(=O)Nc2ccc(Br)cn2)cc1. The second-order valence-electron chi connectivity index (χ2n) is 7.31. The first-order valence-corrected chi connectivity index (χ1v) is 12.5. The van der Waals surface area contributed by atoms with Gasteiger partial charge in [0.15, 0.2) is 0 Å². The van der Waals surface area contributed by atoms with Gasteiger partial charge in [-0.25, -0.2) is 18.5 Å². The summed E-state index contributed by atoms with van der Waals surface area (Å²) in [5.74, 6) is -0.588. The van der Waals surface area contributed by atoms with E-state index in [0.29, 0.717) is 22.5 Å². The number of carbonyl (C=O) groups is 2. The third kappa shape index (κ3) is 5.77. The Balaban J connectivity index is 1.53. The van der Waals surface area contributed by atoms with Crippen molar-refractivity contribution in [1.29, 1.82) is 0 Å². The Morgan fingerprint density at radius 3 is 2.29 bits per heavy atom. The predicted molar refractivity (Wildman–Crippen MR) is 135 cm³/mol. The molecule has 2 aromatic heterocycles. The van der Waals surface area contributed by atoms with Crippen LogP contribution in [-0.2, 0) is 10.0 Å². The molecule has 0 radical (unpaired) electrons. The van der Waals surface area contributed by atoms with Crippen LogP contribution in [0, 0.1) is 0 Å². The third-order valence-corrected chi connectivity index (χ3v) is 6.37. The molecule has 2 heterocycles. The molecule has 0 atom stereocenters. The maximum Gasteiger partial charge on any atom is 0.259 e. The summed E-state index contributed by atoms with van der Waals surface area (Å²) in [5.41, 5.74) is 1.73. The smallest absolute Gasteiger partial charge is 0.259 e. The maximum atomic E-state index is 12.9. The number of carbonyl (C=O) groups excluding carboxylic acids is 2. The Bertz CT molecular complexity index is 1510. The van der Waals surface area contributed by atoms with Crippen LogP contribution >= 0.6 is 15.9 Å². The van der Waals surface area contributed by atoms with E-state index < -0.39 is 21.8 Å². The molecular formula is C24H18BrN5O4S. The Morgan fingerprint density at radius 1 is 0.857 bits per heavy atom. The van der Waals surface area contributed by atoms with Crippen molar-refractivity contribution in [1.82, 2.24) is 9.97 Å². The van der Waals surface area contributed by atoms with Crippen molar-refractivity contribution in [2.24, 2.45) is 5.14 Å². The fraction of sp³-hybridized carbons (Fsp3) is 0. The zero-order valence-electron chi connectivity index (χ0n) is 18.0. The molecule has 0 aliphatic heterocycles. The van der Waals surface area contributed by atoms with E-state index in [-0.39, 0.29) is 16.1 Å². The summed E-state index contributed by atoms with van der Waals surface area (Å²) in [5, 5.41) is 10.7. The monoisotopic (exact) mass is 551 g/mol. The van der Waals surface area contributed by atoms with Gasteiger partial charge in [-0.2, -0.15) is 0 Å². The van der Waals surface area contributed by atoms with Crippen molar-refractivity contribution in [3.05, 3.63) is 101 Å². The van der Waals surface area contributed by atoms with Crippen molar-refractivity contribution in [3.63, 3.8) is 0 Å². The van der Waals surface area contributed by atoms with E-state index in [9.17, 15) is 18.0 Å². The second kappa shape index (κ2) is 10.1. The van der Waals surface area contributed by atoms with Crippen LogP contribution in [-0.4, -0.2) is 30.2 Å². The quantitative estimate of drug-likeness (QED) is 0.329. The number of amides is 2. The zero-order chi connectivity index (χ0) is 25.0. The summed E-state index contributed by atoms with van der Waals surface area (Å²) in [7, 11) is -3.92. The van der Waals surface area contributed by atoms with Crippen LogP contribution in [0.1, 0.15) is 20.7 Å². The normalized spacial score (nSPS) is 11.0. The number of primary sulfonamides is 1. The molecule has 0 saturated carbocycles. The summed E-state index contributed by atoms with van der Waals surface area (Å²) in [6.07, 6.45) is 4.37. The molecule has 4 rings (SSSR count). The van der Waals surface area contributed by atoms with Crippen molar-refractivity contribution < 1.29 is 18.0 Å². The van der Waals surface area contributed by atoms with Crippen LogP contribution < -0.4 is 15.8 Å². The number of hydrogen-bond donors (Lipinski definition) is 3. The lowest BCUT2D eigenvalue weighted by Crippen LogP contribution is -2.19. The molecule has 2 amide bonds. The van der Waals surface area contributed by atoms with Crippen LogP contribution in [0.15, 0.2) is 94.7 Å². The second-order valence-corrected chi connectivity index (χ2v) is 9.76. The van der Waals surface area contributed by atoms with E-state index in [4.69, 9.17) is 5.14 Å². The van der Waals surface area contributed by atoms with Gasteiger partial charge in [-0.3, -0.25) is 14.6 Å². The topological polar surface area (TPSA) is 144 Å². The molecule has 0 fully saturated rings. The number of nitrogens with two attached hydrogens (primary N) is 1. The van der Waals surface area contributed by atoms with Crippen molar-refractivity contribution in [3.8, 4) is 11.1 Å². The molecular weight excluding hydrogens is 534 g/mol. The Hall–Kier alpha value is -3.93. The first-order chi connectivity index (χ1) is 16.7. The number of anilines is 2. The van der Waals surface area contributed by atoms with Gasteiger partial charge < -0.3 is 10.6 Å². The highest BCUT2D eigenvalue weighted by atomic mass is 79.9. The average molecular weight is 552 g/mol. The number of benzene rings is 2. The molecule has 0 aliphatic rings. The highest BCUT2D eigenvalue weighted by Gasteiger charge is 2.17. The number of hydrogen-bond acceptors (Lipinski definition) is 6. The molecule has 0 saturated heterocycles. The van der Waals surface area contributed by atoms with Crippen LogP contribution in [0.3, 0.4) is 0 Å². The number of halogens is 1. The highest BCUT2D eigenvalue weighted by molar-refractivity contribution is 9.10.